The Morgan fingerprint density at radius 2 is 1.88 bits per heavy atom. The molecule has 0 fully saturated rings. The van der Waals surface area contributed by atoms with Gasteiger partial charge < -0.3 is 9.84 Å². The molecular formula is C13H16O4. The number of ether oxygens (including phenoxy) is 1. The van der Waals surface area contributed by atoms with Gasteiger partial charge in [-0.25, -0.2) is 0 Å². The summed E-state index contributed by atoms with van der Waals surface area (Å²) in [6.45, 7) is 1.80. The third-order valence-electron chi connectivity index (χ3n) is 2.35. The number of carbonyl (C=O) groups excluding carboxylic acids is 1. The molecule has 17 heavy (non-hydrogen) atoms. The van der Waals surface area contributed by atoms with E-state index in [1.54, 1.807) is 6.92 Å². The van der Waals surface area contributed by atoms with Crippen LogP contribution in [0.3, 0.4) is 0 Å². The van der Waals surface area contributed by atoms with Crippen LogP contribution in [-0.2, 0) is 14.3 Å². The summed E-state index contributed by atoms with van der Waals surface area (Å²) in [4.78, 5) is 21.7. The Balaban J connectivity index is 2.34. The number of rotatable bonds is 6. The molecule has 1 aromatic rings. The van der Waals surface area contributed by atoms with Crippen molar-refractivity contribution in [1.82, 2.24) is 0 Å². The molecule has 0 aliphatic carbocycles. The summed E-state index contributed by atoms with van der Waals surface area (Å²) in [5.41, 5.74) is 0.930. The number of hydrogen-bond acceptors (Lipinski definition) is 3. The van der Waals surface area contributed by atoms with Crippen molar-refractivity contribution in [3.8, 4) is 0 Å². The molecule has 1 atom stereocenters. The third-order valence-corrected chi connectivity index (χ3v) is 2.35. The second-order valence-corrected chi connectivity index (χ2v) is 3.79. The van der Waals surface area contributed by atoms with E-state index >= 15 is 0 Å². The third kappa shape index (κ3) is 5.15. The number of esters is 1. The van der Waals surface area contributed by atoms with Crippen LogP contribution in [0.2, 0.25) is 0 Å². The minimum absolute atomic E-state index is 0.00514. The lowest BCUT2D eigenvalue weighted by Gasteiger charge is -2.13. The minimum Gasteiger partial charge on any atom is -0.481 e. The Morgan fingerprint density at radius 3 is 2.47 bits per heavy atom. The second-order valence-electron chi connectivity index (χ2n) is 3.79. The lowest BCUT2D eigenvalue weighted by molar-refractivity contribution is -0.148. The second kappa shape index (κ2) is 6.68. The van der Waals surface area contributed by atoms with Crippen LogP contribution in [0.15, 0.2) is 30.3 Å². The molecule has 0 aliphatic heterocycles. The van der Waals surface area contributed by atoms with Crippen LogP contribution in [0.4, 0.5) is 0 Å². The molecule has 0 heterocycles. The standard InChI is InChI=1S/C13H16O4/c1-10(11-6-3-2-4-7-11)17-13(16)9-5-8-12(14)15/h2-4,6-7,10H,5,8-9H2,1H3,(H,14,15). The van der Waals surface area contributed by atoms with Crippen LogP contribution in [0, 0.1) is 0 Å². The number of benzene rings is 1. The SMILES string of the molecule is CC(OC(=O)CCCC(=O)O)c1ccccc1. The van der Waals surface area contributed by atoms with Crippen molar-refractivity contribution in [1.29, 1.82) is 0 Å². The topological polar surface area (TPSA) is 63.6 Å². The van der Waals surface area contributed by atoms with Crippen LogP contribution in [0.1, 0.15) is 37.9 Å². The first-order valence-electron chi connectivity index (χ1n) is 5.56. The molecule has 1 N–H and O–H groups in total. The fourth-order valence-corrected chi connectivity index (χ4v) is 1.43. The zero-order valence-corrected chi connectivity index (χ0v) is 9.76. The van der Waals surface area contributed by atoms with E-state index < -0.39 is 5.97 Å². The van der Waals surface area contributed by atoms with Gasteiger partial charge >= 0.3 is 11.9 Å². The summed E-state index contributed by atoms with van der Waals surface area (Å²) in [5, 5.41) is 8.43. The van der Waals surface area contributed by atoms with Crippen LogP contribution in [0.5, 0.6) is 0 Å². The van der Waals surface area contributed by atoms with E-state index in [1.165, 1.54) is 0 Å². The maximum atomic E-state index is 11.4. The maximum Gasteiger partial charge on any atom is 0.306 e. The fourth-order valence-electron chi connectivity index (χ4n) is 1.43. The zero-order valence-electron chi connectivity index (χ0n) is 9.76. The van der Waals surface area contributed by atoms with Gasteiger partial charge in [-0.15, -0.1) is 0 Å². The number of carboxylic acid groups (broad SMARTS) is 1. The van der Waals surface area contributed by atoms with E-state index in [1.807, 2.05) is 30.3 Å². The summed E-state index contributed by atoms with van der Waals surface area (Å²) in [6.07, 6.45) is 0.155. The van der Waals surface area contributed by atoms with Gasteiger partial charge in [0.15, 0.2) is 0 Å². The molecule has 0 bridgehead atoms. The Labute approximate surface area is 100 Å². The fraction of sp³-hybridized carbons (Fsp3) is 0.385. The largest absolute Gasteiger partial charge is 0.481 e. The maximum absolute atomic E-state index is 11.4. The molecule has 0 aromatic heterocycles. The molecule has 4 heteroatoms. The van der Waals surface area contributed by atoms with Crippen molar-refractivity contribution < 1.29 is 19.4 Å². The van der Waals surface area contributed by atoms with Gasteiger partial charge in [-0.05, 0) is 18.9 Å². The molecule has 0 aliphatic rings. The van der Waals surface area contributed by atoms with Crippen molar-refractivity contribution >= 4 is 11.9 Å². The summed E-state index contributed by atoms with van der Waals surface area (Å²) in [7, 11) is 0. The lowest BCUT2D eigenvalue weighted by atomic mass is 10.1. The van der Waals surface area contributed by atoms with E-state index in [2.05, 4.69) is 0 Å². The number of hydrogen-bond donors (Lipinski definition) is 1. The van der Waals surface area contributed by atoms with Crippen LogP contribution < -0.4 is 0 Å². The molecule has 0 radical (unpaired) electrons. The predicted octanol–water partition coefficient (Wildman–Crippen LogP) is 2.55. The molecule has 1 rings (SSSR count). The van der Waals surface area contributed by atoms with Gasteiger partial charge in [0.1, 0.15) is 6.10 Å². The molecule has 0 spiro atoms. The van der Waals surface area contributed by atoms with E-state index in [9.17, 15) is 9.59 Å². The number of carboxylic acids is 1. The van der Waals surface area contributed by atoms with Crippen LogP contribution in [-0.4, -0.2) is 17.0 Å². The summed E-state index contributed by atoms with van der Waals surface area (Å²) in [6, 6.07) is 9.42. The predicted molar refractivity (Wildman–Crippen MR) is 62.4 cm³/mol. The monoisotopic (exact) mass is 236 g/mol. The van der Waals surface area contributed by atoms with Gasteiger partial charge in [0.05, 0.1) is 0 Å². The normalized spacial score (nSPS) is 11.8. The molecule has 4 nitrogen and oxygen atoms in total. The molecule has 0 amide bonds. The highest BCUT2D eigenvalue weighted by atomic mass is 16.5. The first-order valence-corrected chi connectivity index (χ1v) is 5.56. The lowest BCUT2D eigenvalue weighted by Crippen LogP contribution is -2.09. The van der Waals surface area contributed by atoms with Gasteiger partial charge in [-0.1, -0.05) is 30.3 Å². The first kappa shape index (κ1) is 13.2. The number of carbonyl (C=O) groups is 2. The molecular weight excluding hydrogens is 220 g/mol. The Bertz CT molecular complexity index is 372. The Morgan fingerprint density at radius 1 is 1.24 bits per heavy atom. The minimum atomic E-state index is -0.895. The van der Waals surface area contributed by atoms with E-state index in [4.69, 9.17) is 9.84 Å². The average molecular weight is 236 g/mol. The van der Waals surface area contributed by atoms with Crippen molar-refractivity contribution in [3.63, 3.8) is 0 Å². The van der Waals surface area contributed by atoms with Gasteiger partial charge in [0.25, 0.3) is 0 Å². The van der Waals surface area contributed by atoms with Gasteiger partial charge in [0, 0.05) is 12.8 Å². The van der Waals surface area contributed by atoms with Crippen molar-refractivity contribution in [2.24, 2.45) is 0 Å². The summed E-state index contributed by atoms with van der Waals surface area (Å²) < 4.78 is 5.19. The van der Waals surface area contributed by atoms with Crippen LogP contribution >= 0.6 is 0 Å². The average Bonchev–Trinajstić information content (AvgIpc) is 2.29. The van der Waals surface area contributed by atoms with Crippen LogP contribution in [0.25, 0.3) is 0 Å². The molecule has 1 unspecified atom stereocenters. The van der Waals surface area contributed by atoms with Crippen molar-refractivity contribution in [2.75, 3.05) is 0 Å². The van der Waals surface area contributed by atoms with E-state index in [-0.39, 0.29) is 24.9 Å². The van der Waals surface area contributed by atoms with Gasteiger partial charge in [-0.2, -0.15) is 0 Å². The number of aliphatic carboxylic acids is 1. The smallest absolute Gasteiger partial charge is 0.306 e. The Hall–Kier alpha value is -1.84. The highest BCUT2D eigenvalue weighted by molar-refractivity contribution is 5.71. The highest BCUT2D eigenvalue weighted by Crippen LogP contribution is 2.17. The highest BCUT2D eigenvalue weighted by Gasteiger charge is 2.11. The molecule has 1 aromatic carbocycles. The first-order chi connectivity index (χ1) is 8.09. The van der Waals surface area contributed by atoms with Crippen molar-refractivity contribution in [3.05, 3.63) is 35.9 Å². The summed E-state index contributed by atoms with van der Waals surface area (Å²) in [5.74, 6) is -1.25. The van der Waals surface area contributed by atoms with Crippen molar-refractivity contribution in [2.45, 2.75) is 32.3 Å². The van der Waals surface area contributed by atoms with Gasteiger partial charge in [-0.3, -0.25) is 9.59 Å². The molecule has 92 valence electrons. The van der Waals surface area contributed by atoms with E-state index in [0.29, 0.717) is 6.42 Å². The van der Waals surface area contributed by atoms with E-state index in [0.717, 1.165) is 5.56 Å². The molecule has 0 saturated carbocycles. The molecule has 0 saturated heterocycles. The Kier molecular flexibility index (Phi) is 5.20. The quantitative estimate of drug-likeness (QED) is 0.771. The van der Waals surface area contributed by atoms with Gasteiger partial charge in [0.2, 0.25) is 0 Å². The zero-order chi connectivity index (χ0) is 12.7. The summed E-state index contributed by atoms with van der Waals surface area (Å²) >= 11 is 0.